The summed E-state index contributed by atoms with van der Waals surface area (Å²) in [6, 6.07) is 7.95. The monoisotopic (exact) mass is 291 g/mol. The molecule has 20 heavy (non-hydrogen) atoms. The standard InChI is InChI=1S/C14H14FN3OS/c1-19-13-5-2-9(8-18-13)7-17-12-4-3-10(15)6-11(12)14(16)20/h2-6,8,17H,7H2,1H3,(H2,16,20). The van der Waals surface area contributed by atoms with E-state index >= 15 is 0 Å². The minimum Gasteiger partial charge on any atom is -0.481 e. The number of pyridine rings is 1. The molecule has 0 unspecified atom stereocenters. The zero-order valence-electron chi connectivity index (χ0n) is 10.9. The zero-order valence-corrected chi connectivity index (χ0v) is 11.7. The fourth-order valence-corrected chi connectivity index (χ4v) is 1.88. The molecule has 0 radical (unpaired) electrons. The van der Waals surface area contributed by atoms with Crippen LogP contribution in [0.1, 0.15) is 11.1 Å². The van der Waals surface area contributed by atoms with Gasteiger partial charge in [-0.3, -0.25) is 0 Å². The molecule has 0 spiro atoms. The lowest BCUT2D eigenvalue weighted by Gasteiger charge is -2.11. The van der Waals surface area contributed by atoms with E-state index in [2.05, 4.69) is 10.3 Å². The van der Waals surface area contributed by atoms with E-state index in [-0.39, 0.29) is 10.8 Å². The van der Waals surface area contributed by atoms with Crippen molar-refractivity contribution >= 4 is 22.9 Å². The molecule has 0 saturated heterocycles. The van der Waals surface area contributed by atoms with E-state index in [4.69, 9.17) is 22.7 Å². The molecule has 1 heterocycles. The second-order valence-electron chi connectivity index (χ2n) is 4.12. The Bertz CT molecular complexity index is 616. The number of ether oxygens (including phenoxy) is 1. The van der Waals surface area contributed by atoms with E-state index in [1.54, 1.807) is 25.4 Å². The molecule has 2 rings (SSSR count). The highest BCUT2D eigenvalue weighted by atomic mass is 32.1. The molecule has 0 saturated carbocycles. The first kappa shape index (κ1) is 14.2. The van der Waals surface area contributed by atoms with Crippen LogP contribution in [0.2, 0.25) is 0 Å². The number of rotatable bonds is 5. The molecule has 0 fully saturated rings. The first-order valence-corrected chi connectivity index (χ1v) is 6.33. The average molecular weight is 291 g/mol. The second kappa shape index (κ2) is 6.29. The molecule has 0 aliphatic rings. The number of halogens is 1. The summed E-state index contributed by atoms with van der Waals surface area (Å²) >= 11 is 4.92. The number of nitrogens with one attached hydrogen (secondary N) is 1. The minimum atomic E-state index is -0.371. The maximum Gasteiger partial charge on any atom is 0.212 e. The summed E-state index contributed by atoms with van der Waals surface area (Å²) in [5.74, 6) is 0.184. The van der Waals surface area contributed by atoms with Gasteiger partial charge in [-0.2, -0.15) is 0 Å². The third kappa shape index (κ3) is 3.42. The molecule has 0 atom stereocenters. The van der Waals surface area contributed by atoms with Crippen LogP contribution in [0.25, 0.3) is 0 Å². The Morgan fingerprint density at radius 1 is 1.40 bits per heavy atom. The van der Waals surface area contributed by atoms with Gasteiger partial charge in [0, 0.05) is 30.1 Å². The number of hydrogen-bond acceptors (Lipinski definition) is 4. The fraction of sp³-hybridized carbons (Fsp3) is 0.143. The van der Waals surface area contributed by atoms with Crippen LogP contribution in [0.3, 0.4) is 0 Å². The van der Waals surface area contributed by atoms with Crippen molar-refractivity contribution in [2.24, 2.45) is 5.73 Å². The van der Waals surface area contributed by atoms with Gasteiger partial charge in [-0.25, -0.2) is 9.37 Å². The van der Waals surface area contributed by atoms with Crippen LogP contribution in [0.5, 0.6) is 5.88 Å². The molecular formula is C14H14FN3OS. The van der Waals surface area contributed by atoms with Gasteiger partial charge >= 0.3 is 0 Å². The van der Waals surface area contributed by atoms with Crippen molar-refractivity contribution in [1.29, 1.82) is 0 Å². The molecular weight excluding hydrogens is 277 g/mol. The Morgan fingerprint density at radius 3 is 2.80 bits per heavy atom. The Labute approximate surface area is 121 Å². The predicted molar refractivity (Wildman–Crippen MR) is 80.4 cm³/mol. The van der Waals surface area contributed by atoms with Crippen LogP contribution in [0.4, 0.5) is 10.1 Å². The molecule has 0 bridgehead atoms. The molecule has 0 aliphatic carbocycles. The highest BCUT2D eigenvalue weighted by Crippen LogP contribution is 2.18. The Kier molecular flexibility index (Phi) is 4.47. The van der Waals surface area contributed by atoms with Crippen LogP contribution in [0, 0.1) is 5.82 Å². The smallest absolute Gasteiger partial charge is 0.212 e. The first-order valence-electron chi connectivity index (χ1n) is 5.92. The van der Waals surface area contributed by atoms with E-state index in [0.717, 1.165) is 5.56 Å². The molecule has 2 aromatic rings. The van der Waals surface area contributed by atoms with E-state index in [1.807, 2.05) is 6.07 Å². The van der Waals surface area contributed by atoms with Gasteiger partial charge in [-0.15, -0.1) is 0 Å². The largest absolute Gasteiger partial charge is 0.481 e. The zero-order chi connectivity index (χ0) is 14.5. The van der Waals surface area contributed by atoms with Gasteiger partial charge in [-0.05, 0) is 23.8 Å². The van der Waals surface area contributed by atoms with E-state index in [0.29, 0.717) is 23.7 Å². The number of nitrogens with zero attached hydrogens (tertiary/aromatic N) is 1. The lowest BCUT2D eigenvalue weighted by molar-refractivity contribution is 0.397. The van der Waals surface area contributed by atoms with Gasteiger partial charge in [0.15, 0.2) is 0 Å². The summed E-state index contributed by atoms with van der Waals surface area (Å²) in [4.78, 5) is 4.26. The first-order chi connectivity index (χ1) is 9.60. The molecule has 6 heteroatoms. The normalized spacial score (nSPS) is 10.1. The number of thiocarbonyl (C=S) groups is 1. The number of aromatic nitrogens is 1. The molecule has 3 N–H and O–H groups in total. The van der Waals surface area contributed by atoms with Gasteiger partial charge < -0.3 is 15.8 Å². The highest BCUT2D eigenvalue weighted by molar-refractivity contribution is 7.80. The fourth-order valence-electron chi connectivity index (χ4n) is 1.71. The van der Waals surface area contributed by atoms with Crippen LogP contribution in [-0.4, -0.2) is 17.1 Å². The molecule has 104 valence electrons. The summed E-state index contributed by atoms with van der Waals surface area (Å²) < 4.78 is 18.2. The number of hydrogen-bond donors (Lipinski definition) is 2. The summed E-state index contributed by atoms with van der Waals surface area (Å²) in [5, 5.41) is 3.16. The number of benzene rings is 1. The van der Waals surface area contributed by atoms with Crippen LogP contribution in [-0.2, 0) is 6.54 Å². The van der Waals surface area contributed by atoms with Gasteiger partial charge in [0.25, 0.3) is 0 Å². The van der Waals surface area contributed by atoms with Gasteiger partial charge in [0.05, 0.1) is 7.11 Å². The highest BCUT2D eigenvalue weighted by Gasteiger charge is 2.06. The average Bonchev–Trinajstić information content (AvgIpc) is 2.46. The number of methoxy groups -OCH3 is 1. The van der Waals surface area contributed by atoms with Crippen molar-refractivity contribution in [3.05, 3.63) is 53.5 Å². The predicted octanol–water partition coefficient (Wildman–Crippen LogP) is 2.48. The van der Waals surface area contributed by atoms with Gasteiger partial charge in [-0.1, -0.05) is 18.3 Å². The summed E-state index contributed by atoms with van der Waals surface area (Å²) in [5.41, 5.74) is 7.73. The Morgan fingerprint density at radius 2 is 2.20 bits per heavy atom. The van der Waals surface area contributed by atoms with Gasteiger partial charge in [0.2, 0.25) is 5.88 Å². The van der Waals surface area contributed by atoms with Crippen molar-refractivity contribution in [1.82, 2.24) is 4.98 Å². The van der Waals surface area contributed by atoms with E-state index < -0.39 is 0 Å². The number of nitrogens with two attached hydrogens (primary N) is 1. The van der Waals surface area contributed by atoms with Crippen molar-refractivity contribution in [2.45, 2.75) is 6.54 Å². The van der Waals surface area contributed by atoms with Crippen LogP contribution >= 0.6 is 12.2 Å². The second-order valence-corrected chi connectivity index (χ2v) is 4.56. The van der Waals surface area contributed by atoms with Crippen molar-refractivity contribution in [3.63, 3.8) is 0 Å². The SMILES string of the molecule is COc1ccc(CNc2ccc(F)cc2C(N)=S)cn1. The third-order valence-electron chi connectivity index (χ3n) is 2.74. The van der Waals surface area contributed by atoms with Crippen LogP contribution < -0.4 is 15.8 Å². The summed E-state index contributed by atoms with van der Waals surface area (Å²) in [6.45, 7) is 0.526. The molecule has 0 amide bonds. The number of anilines is 1. The van der Waals surface area contributed by atoms with Crippen molar-refractivity contribution < 1.29 is 9.13 Å². The minimum absolute atomic E-state index is 0.153. The summed E-state index contributed by atoms with van der Waals surface area (Å²) in [7, 11) is 1.56. The van der Waals surface area contributed by atoms with Crippen molar-refractivity contribution in [2.75, 3.05) is 12.4 Å². The topological polar surface area (TPSA) is 60.2 Å². The maximum absolute atomic E-state index is 13.2. The molecule has 1 aromatic heterocycles. The van der Waals surface area contributed by atoms with Crippen LogP contribution in [0.15, 0.2) is 36.5 Å². The quantitative estimate of drug-likeness (QED) is 0.829. The van der Waals surface area contributed by atoms with Crippen molar-refractivity contribution in [3.8, 4) is 5.88 Å². The van der Waals surface area contributed by atoms with E-state index in [1.165, 1.54) is 12.1 Å². The molecule has 4 nitrogen and oxygen atoms in total. The Balaban J connectivity index is 2.12. The lowest BCUT2D eigenvalue weighted by Crippen LogP contribution is -2.13. The maximum atomic E-state index is 13.2. The van der Waals surface area contributed by atoms with E-state index in [9.17, 15) is 4.39 Å². The third-order valence-corrected chi connectivity index (χ3v) is 2.96. The lowest BCUT2D eigenvalue weighted by atomic mass is 10.1. The Hall–Kier alpha value is -2.21. The summed E-state index contributed by atoms with van der Waals surface area (Å²) in [6.07, 6.45) is 1.70. The van der Waals surface area contributed by atoms with Gasteiger partial charge in [0.1, 0.15) is 10.8 Å². The molecule has 0 aliphatic heterocycles. The molecule has 1 aromatic carbocycles.